The van der Waals surface area contributed by atoms with E-state index in [1.807, 2.05) is 55.5 Å². The minimum Gasteiger partial charge on any atom is -0.487 e. The Hall–Kier alpha value is -4.66. The number of para-hydroxylation sites is 1. The highest BCUT2D eigenvalue weighted by molar-refractivity contribution is 7.89. The number of ether oxygens (including phenoxy) is 3. The van der Waals surface area contributed by atoms with Gasteiger partial charge in [0.05, 0.1) is 35.5 Å². The van der Waals surface area contributed by atoms with Gasteiger partial charge < -0.3 is 29.3 Å². The fourth-order valence-electron chi connectivity index (χ4n) is 9.35. The molecule has 2 N–H and O–H groups in total. The number of aromatic nitrogens is 2. The molecule has 6 unspecified atom stereocenters. The Kier molecular flexibility index (Phi) is 12.9. The first-order chi connectivity index (χ1) is 28.2. The number of aliphatic hydroxyl groups is 2. The maximum Gasteiger partial charge on any atom is 0.245 e. The molecule has 12 nitrogen and oxygen atoms in total. The van der Waals surface area contributed by atoms with Crippen molar-refractivity contribution in [2.45, 2.75) is 81.1 Å². The summed E-state index contributed by atoms with van der Waals surface area (Å²) < 4.78 is 51.9. The number of hydrogen-bond donors (Lipinski definition) is 2. The first-order valence-electron chi connectivity index (χ1n) is 20.2. The van der Waals surface area contributed by atoms with E-state index in [2.05, 4.69) is 27.8 Å². The zero-order valence-electron chi connectivity index (χ0n) is 33.5. The van der Waals surface area contributed by atoms with Gasteiger partial charge in [0.2, 0.25) is 15.8 Å². The largest absolute Gasteiger partial charge is 0.487 e. The van der Waals surface area contributed by atoms with Gasteiger partial charge in [-0.05, 0) is 92.5 Å². The zero-order chi connectivity index (χ0) is 40.9. The number of aryl methyl sites for hydroxylation is 1. The summed E-state index contributed by atoms with van der Waals surface area (Å²) >= 11 is 0. The van der Waals surface area contributed by atoms with E-state index in [-0.39, 0.29) is 55.5 Å². The smallest absolute Gasteiger partial charge is 0.245 e. The van der Waals surface area contributed by atoms with Gasteiger partial charge in [-0.1, -0.05) is 54.4 Å². The number of nitrogens with zero attached hydrogens (tertiary/aromatic N) is 4. The van der Waals surface area contributed by atoms with Crippen LogP contribution in [0.2, 0.25) is 0 Å². The number of allylic oxidation sites excluding steroid dienone is 1. The van der Waals surface area contributed by atoms with Crippen LogP contribution in [0, 0.1) is 24.7 Å². The number of benzene rings is 2. The molecule has 0 amide bonds. The number of rotatable bonds is 18. The monoisotopic (exact) mass is 810 g/mol. The van der Waals surface area contributed by atoms with E-state index in [0.29, 0.717) is 41.0 Å². The summed E-state index contributed by atoms with van der Waals surface area (Å²) in [6.45, 7) is 6.46. The molecule has 58 heavy (non-hydrogen) atoms. The van der Waals surface area contributed by atoms with Crippen molar-refractivity contribution in [3.8, 4) is 11.5 Å². The summed E-state index contributed by atoms with van der Waals surface area (Å²) in [6.07, 6.45) is 10.1. The van der Waals surface area contributed by atoms with E-state index < -0.39 is 27.8 Å². The molecule has 3 heterocycles. The fraction of sp³-hybridized carbons (Fsp3) is 0.444. The van der Waals surface area contributed by atoms with Gasteiger partial charge in [-0.2, -0.15) is 4.31 Å². The van der Waals surface area contributed by atoms with Gasteiger partial charge in [0.25, 0.3) is 0 Å². The molecule has 1 fully saturated rings. The predicted octanol–water partition coefficient (Wildman–Crippen LogP) is 7.10. The number of pyridine rings is 2. The van der Waals surface area contributed by atoms with Crippen molar-refractivity contribution in [3.63, 3.8) is 0 Å². The molecule has 4 aromatic rings. The third-order valence-corrected chi connectivity index (χ3v) is 13.8. The van der Waals surface area contributed by atoms with Gasteiger partial charge in [-0.25, -0.2) is 8.42 Å². The Morgan fingerprint density at radius 3 is 2.57 bits per heavy atom. The molecule has 2 aliphatic carbocycles. The molecule has 308 valence electrons. The molecule has 3 aliphatic rings. The number of hydrogen-bond acceptors (Lipinski definition) is 11. The van der Waals surface area contributed by atoms with Gasteiger partial charge in [0, 0.05) is 55.4 Å². The van der Waals surface area contributed by atoms with E-state index in [4.69, 9.17) is 19.0 Å². The second-order valence-electron chi connectivity index (χ2n) is 15.4. The van der Waals surface area contributed by atoms with E-state index in [9.17, 15) is 18.6 Å². The number of unbranched alkanes of at least 4 members (excludes halogenated alkanes) is 2. The van der Waals surface area contributed by atoms with Gasteiger partial charge >= 0.3 is 0 Å². The van der Waals surface area contributed by atoms with Gasteiger partial charge in [0.15, 0.2) is 0 Å². The van der Waals surface area contributed by atoms with Crippen LogP contribution < -0.4 is 9.47 Å². The maximum absolute atomic E-state index is 15.0. The highest BCUT2D eigenvalue weighted by Gasteiger charge is 2.65. The van der Waals surface area contributed by atoms with Crippen LogP contribution in [-0.4, -0.2) is 84.4 Å². The molecule has 0 saturated heterocycles. The Morgan fingerprint density at radius 1 is 1.03 bits per heavy atom. The van der Waals surface area contributed by atoms with Crippen molar-refractivity contribution in [3.05, 3.63) is 114 Å². The maximum atomic E-state index is 15.0. The van der Waals surface area contributed by atoms with Crippen molar-refractivity contribution in [2.75, 3.05) is 34.0 Å². The van der Waals surface area contributed by atoms with E-state index in [1.165, 1.54) is 11.4 Å². The summed E-state index contributed by atoms with van der Waals surface area (Å²) in [4.78, 5) is 14.7. The number of fused-ring (bicyclic) bond motifs is 3. The van der Waals surface area contributed by atoms with Crippen LogP contribution in [0.25, 0.3) is 10.9 Å². The van der Waals surface area contributed by atoms with Crippen molar-refractivity contribution in [2.24, 2.45) is 22.9 Å². The average molecular weight is 811 g/mol. The topological polar surface area (TPSA) is 153 Å². The number of sulfonamides is 1. The molecule has 7 rings (SSSR count). The SMILES string of the molecule is C=CCOC12Oc3ccc(OCc4cccc(C)n4)cc3C3C(CCCCO)C(CCCCO)C=C(C(=NOC)CC1N(C)S(=O)(=O)c1cccc4cccnc14)C32. The Bertz CT molecular complexity index is 2260. The van der Waals surface area contributed by atoms with Crippen molar-refractivity contribution < 1.29 is 37.7 Å². The average Bonchev–Trinajstić information content (AvgIpc) is 3.23. The first kappa shape index (κ1) is 41.5. The molecule has 2 aromatic heterocycles. The summed E-state index contributed by atoms with van der Waals surface area (Å²) in [6, 6.07) is 19.5. The summed E-state index contributed by atoms with van der Waals surface area (Å²) in [5, 5.41) is 25.0. The molecular formula is C45H54N4O8S. The Morgan fingerprint density at radius 2 is 1.81 bits per heavy atom. The normalized spacial score (nSPS) is 24.5. The molecule has 13 heteroatoms. The lowest BCUT2D eigenvalue weighted by atomic mass is 9.55. The van der Waals surface area contributed by atoms with Crippen molar-refractivity contribution in [1.82, 2.24) is 14.3 Å². The minimum absolute atomic E-state index is 0.0220. The van der Waals surface area contributed by atoms with Crippen LogP contribution in [0.3, 0.4) is 0 Å². The van der Waals surface area contributed by atoms with Crippen LogP contribution in [0.1, 0.15) is 67.8 Å². The van der Waals surface area contributed by atoms with Gasteiger partial charge in [-0.3, -0.25) is 9.97 Å². The van der Waals surface area contributed by atoms with E-state index in [1.54, 1.807) is 37.5 Å². The third-order valence-electron chi connectivity index (χ3n) is 11.9. The number of likely N-dealkylation sites (N-methyl/N-ethyl adjacent to an activating group) is 1. The van der Waals surface area contributed by atoms with Gasteiger partial charge in [0.1, 0.15) is 30.1 Å². The predicted molar refractivity (Wildman–Crippen MR) is 222 cm³/mol. The lowest BCUT2D eigenvalue weighted by molar-refractivity contribution is -0.250. The molecule has 1 saturated carbocycles. The minimum atomic E-state index is -4.23. The lowest BCUT2D eigenvalue weighted by Gasteiger charge is -2.59. The highest BCUT2D eigenvalue weighted by atomic mass is 32.2. The molecule has 6 atom stereocenters. The second-order valence-corrected chi connectivity index (χ2v) is 17.3. The van der Waals surface area contributed by atoms with Crippen LogP contribution in [0.15, 0.2) is 107 Å². The van der Waals surface area contributed by atoms with Crippen LogP contribution in [0.4, 0.5) is 0 Å². The van der Waals surface area contributed by atoms with Crippen LogP contribution in [-0.2, 0) is 26.2 Å². The molecule has 2 aromatic carbocycles. The highest BCUT2D eigenvalue weighted by Crippen LogP contribution is 2.62. The van der Waals surface area contributed by atoms with Crippen LogP contribution in [0.5, 0.6) is 11.5 Å². The van der Waals surface area contributed by atoms with E-state index >= 15 is 0 Å². The molecule has 0 spiro atoms. The lowest BCUT2D eigenvalue weighted by Crippen LogP contribution is -2.69. The molecule has 1 aliphatic heterocycles. The summed E-state index contributed by atoms with van der Waals surface area (Å²) in [5.74, 6) is -1.04. The molecule has 0 radical (unpaired) electrons. The van der Waals surface area contributed by atoms with Crippen LogP contribution >= 0.6 is 0 Å². The first-order valence-corrected chi connectivity index (χ1v) is 21.6. The fourth-order valence-corrected chi connectivity index (χ4v) is 10.9. The Balaban J connectivity index is 1.42. The summed E-state index contributed by atoms with van der Waals surface area (Å²) in [7, 11) is -1.16. The van der Waals surface area contributed by atoms with Gasteiger partial charge in [-0.15, -0.1) is 6.58 Å². The van der Waals surface area contributed by atoms with E-state index in [0.717, 1.165) is 48.2 Å². The standard InChI is InChI=1S/C45H54N4O8S/c1-5-25-56-45-41(49(3)58(52,53)40-19-11-15-31-16-12-22-46-44(31)40)28-38(48-54-4)36-26-32(14-6-8-23-50)35(18-7-9-24-51)42(43(36)45)37-27-34(20-21-39(37)57-45)55-29-33-17-10-13-30(2)47-33/h5,10-13,15-17,19-22,26-27,32,35,41-43,50-51H,1,6-9,14,18,23-25,28-29H2,2-4H3. The summed E-state index contributed by atoms with van der Waals surface area (Å²) in [5.41, 5.74) is 4.50. The molecular weight excluding hydrogens is 757 g/mol. The zero-order valence-corrected chi connectivity index (χ0v) is 34.3. The number of oxime groups is 1. The quantitative estimate of drug-likeness (QED) is 0.0605. The van der Waals surface area contributed by atoms with Crippen molar-refractivity contribution >= 4 is 26.6 Å². The Labute approximate surface area is 341 Å². The third kappa shape index (κ3) is 8.02. The second kappa shape index (κ2) is 18.1. The molecule has 0 bridgehead atoms. The number of aliphatic hydroxyl groups excluding tert-OH is 2. The van der Waals surface area contributed by atoms with Crippen molar-refractivity contribution in [1.29, 1.82) is 0 Å².